The summed E-state index contributed by atoms with van der Waals surface area (Å²) in [5.74, 6) is 2.85. The van der Waals surface area contributed by atoms with Crippen molar-refractivity contribution >= 4 is 23.5 Å². The van der Waals surface area contributed by atoms with Crippen molar-refractivity contribution in [3.05, 3.63) is 71.3 Å². The SMILES string of the molecule is COc1cc(CCN2CCN(CCCCOc3ccc(C)cc3[N+]3(C)Sc4ccccc4C(C)C3=O)CC2)cc(OC)c1OC. The zero-order valence-electron chi connectivity index (χ0n) is 27.6. The van der Waals surface area contributed by atoms with Gasteiger partial charge in [-0.2, -0.15) is 3.89 Å². The van der Waals surface area contributed by atoms with Gasteiger partial charge in [0.15, 0.2) is 22.9 Å². The van der Waals surface area contributed by atoms with Crippen molar-refractivity contribution in [1.82, 2.24) is 13.7 Å². The monoisotopic (exact) mass is 634 g/mol. The van der Waals surface area contributed by atoms with Gasteiger partial charge in [0.2, 0.25) is 5.75 Å². The van der Waals surface area contributed by atoms with Gasteiger partial charge in [0.1, 0.15) is 11.9 Å². The van der Waals surface area contributed by atoms with Crippen LogP contribution in [0.5, 0.6) is 23.0 Å². The Kier molecular flexibility index (Phi) is 11.0. The quantitative estimate of drug-likeness (QED) is 0.123. The van der Waals surface area contributed by atoms with Crippen molar-refractivity contribution in [2.75, 3.05) is 74.3 Å². The fourth-order valence-corrected chi connectivity index (χ4v) is 7.71. The minimum Gasteiger partial charge on any atom is -0.493 e. The molecule has 2 aliphatic rings. The molecule has 45 heavy (non-hydrogen) atoms. The molecule has 0 radical (unpaired) electrons. The molecule has 0 bridgehead atoms. The average Bonchev–Trinajstić information content (AvgIpc) is 3.06. The van der Waals surface area contributed by atoms with E-state index in [2.05, 4.69) is 41.0 Å². The molecule has 0 aliphatic carbocycles. The van der Waals surface area contributed by atoms with Crippen LogP contribution in [0.4, 0.5) is 5.69 Å². The molecule has 0 spiro atoms. The Morgan fingerprint density at radius 1 is 0.844 bits per heavy atom. The van der Waals surface area contributed by atoms with E-state index in [1.807, 2.05) is 44.3 Å². The predicted molar refractivity (Wildman–Crippen MR) is 182 cm³/mol. The second-order valence-electron chi connectivity index (χ2n) is 12.1. The highest BCUT2D eigenvalue weighted by Crippen LogP contribution is 2.49. The Balaban J connectivity index is 1.08. The fraction of sp³-hybridized carbons (Fsp3) is 0.472. The second kappa shape index (κ2) is 14.9. The van der Waals surface area contributed by atoms with Gasteiger partial charge in [0.25, 0.3) is 0 Å². The van der Waals surface area contributed by atoms with Gasteiger partial charge in [-0.25, -0.2) is 4.79 Å². The van der Waals surface area contributed by atoms with Crippen molar-refractivity contribution in [1.29, 1.82) is 0 Å². The number of ether oxygens (including phenoxy) is 4. The predicted octanol–water partition coefficient (Wildman–Crippen LogP) is 6.33. The number of rotatable bonds is 13. The molecule has 2 atom stereocenters. The summed E-state index contributed by atoms with van der Waals surface area (Å²) in [6, 6.07) is 18.6. The smallest absolute Gasteiger partial charge is 0.337 e. The van der Waals surface area contributed by atoms with Crippen LogP contribution in [0.2, 0.25) is 0 Å². The van der Waals surface area contributed by atoms with E-state index >= 15 is 0 Å². The minimum atomic E-state index is -0.171. The van der Waals surface area contributed by atoms with Gasteiger partial charge >= 0.3 is 5.91 Å². The van der Waals surface area contributed by atoms with Gasteiger partial charge in [-0.15, -0.1) is 0 Å². The first kappa shape index (κ1) is 33.1. The van der Waals surface area contributed by atoms with Gasteiger partial charge in [-0.3, -0.25) is 0 Å². The zero-order chi connectivity index (χ0) is 32.0. The van der Waals surface area contributed by atoms with Gasteiger partial charge in [-0.1, -0.05) is 24.3 Å². The fourth-order valence-electron chi connectivity index (χ4n) is 6.34. The van der Waals surface area contributed by atoms with Gasteiger partial charge in [-0.05, 0) is 80.6 Å². The summed E-state index contributed by atoms with van der Waals surface area (Å²) < 4.78 is 23.0. The Labute approximate surface area is 272 Å². The molecule has 0 aromatic heterocycles. The average molecular weight is 635 g/mol. The highest BCUT2D eigenvalue weighted by atomic mass is 32.2. The number of carbonyl (C=O) groups is 1. The van der Waals surface area contributed by atoms with Crippen molar-refractivity contribution in [3.8, 4) is 23.0 Å². The Morgan fingerprint density at radius 2 is 1.51 bits per heavy atom. The third kappa shape index (κ3) is 7.43. The normalized spacial score (nSPS) is 20.5. The number of hydrogen-bond acceptors (Lipinski definition) is 8. The molecule has 1 fully saturated rings. The third-order valence-corrected chi connectivity index (χ3v) is 10.4. The molecule has 3 aromatic carbocycles. The van der Waals surface area contributed by atoms with E-state index in [0.29, 0.717) is 23.9 Å². The van der Waals surface area contributed by atoms with Crippen LogP contribution in [-0.2, 0) is 11.2 Å². The lowest BCUT2D eigenvalue weighted by Crippen LogP contribution is -2.48. The standard InChI is InChI=1S/C36H48N3O5S/c1-26-13-14-31(30(23-26)39(3)36(40)27(2)29-11-7-8-12-34(29)45-39)44-22-10-9-16-37-18-20-38(21-19-37)17-15-28-24-32(41-4)35(43-6)33(25-28)42-5/h7-8,11-14,23-25,27H,9-10,15-22H2,1-6H3/q+1. The molecule has 3 aromatic rings. The van der Waals surface area contributed by atoms with E-state index in [4.69, 9.17) is 18.9 Å². The van der Waals surface area contributed by atoms with E-state index in [9.17, 15) is 4.79 Å². The molecule has 0 saturated carbocycles. The number of hydrogen-bond donors (Lipinski definition) is 0. The van der Waals surface area contributed by atoms with Crippen molar-refractivity contribution in [3.63, 3.8) is 0 Å². The second-order valence-corrected chi connectivity index (χ2v) is 13.5. The highest BCUT2D eigenvalue weighted by Gasteiger charge is 2.47. The van der Waals surface area contributed by atoms with Crippen molar-refractivity contribution < 1.29 is 23.7 Å². The number of likely N-dealkylation sites (N-methyl/N-ethyl adjacent to an activating group) is 1. The van der Waals surface area contributed by atoms with Crippen LogP contribution in [0.25, 0.3) is 0 Å². The first-order valence-electron chi connectivity index (χ1n) is 15.9. The number of unbranched alkanes of at least 4 members (excludes halogenated alkanes) is 1. The summed E-state index contributed by atoms with van der Waals surface area (Å²) in [4.78, 5) is 20.0. The Morgan fingerprint density at radius 3 is 2.18 bits per heavy atom. The number of methoxy groups -OCH3 is 3. The third-order valence-electron chi connectivity index (χ3n) is 9.06. The lowest BCUT2D eigenvalue weighted by molar-refractivity contribution is -0.126. The Bertz CT molecular complexity index is 1450. The molecule has 8 nitrogen and oxygen atoms in total. The summed E-state index contributed by atoms with van der Waals surface area (Å²) in [6.45, 7) is 11.1. The van der Waals surface area contributed by atoms with E-state index in [0.717, 1.165) is 86.0 Å². The highest BCUT2D eigenvalue weighted by molar-refractivity contribution is 7.99. The lowest BCUT2D eigenvalue weighted by Gasteiger charge is -2.36. The number of aryl methyl sites for hydroxylation is 1. The molecular weight excluding hydrogens is 586 g/mol. The largest absolute Gasteiger partial charge is 0.493 e. The summed E-state index contributed by atoms with van der Waals surface area (Å²) in [6.07, 6.45) is 2.98. The van der Waals surface area contributed by atoms with E-state index in [1.165, 1.54) is 5.56 Å². The molecule has 2 heterocycles. The molecule has 0 N–H and O–H groups in total. The molecular formula is C36H48N3O5S+. The lowest BCUT2D eigenvalue weighted by atomic mass is 9.99. The van der Waals surface area contributed by atoms with Gasteiger partial charge < -0.3 is 28.7 Å². The van der Waals surface area contributed by atoms with Crippen LogP contribution in [0.15, 0.2) is 59.5 Å². The maximum Gasteiger partial charge on any atom is 0.337 e. The van der Waals surface area contributed by atoms with Crippen LogP contribution in [0.1, 0.15) is 42.4 Å². The Hall–Kier alpha value is -3.24. The van der Waals surface area contributed by atoms with E-state index in [1.54, 1.807) is 33.3 Å². The maximum atomic E-state index is 13.7. The van der Waals surface area contributed by atoms with Gasteiger partial charge in [0.05, 0.1) is 45.8 Å². The number of quaternary nitrogens is 1. The first-order valence-corrected chi connectivity index (χ1v) is 16.7. The molecule has 1 amide bonds. The van der Waals surface area contributed by atoms with Gasteiger partial charge in [0, 0.05) is 38.8 Å². The number of piperazine rings is 1. The van der Waals surface area contributed by atoms with Crippen LogP contribution in [0, 0.1) is 6.92 Å². The summed E-state index contributed by atoms with van der Waals surface area (Å²) in [5.41, 5.74) is 4.34. The number of benzene rings is 3. The zero-order valence-corrected chi connectivity index (χ0v) is 28.5. The van der Waals surface area contributed by atoms with E-state index in [-0.39, 0.29) is 15.7 Å². The van der Waals surface area contributed by atoms with Crippen LogP contribution in [0.3, 0.4) is 0 Å². The van der Waals surface area contributed by atoms with E-state index < -0.39 is 0 Å². The van der Waals surface area contributed by atoms with Crippen molar-refractivity contribution in [2.24, 2.45) is 0 Å². The molecule has 2 aliphatic heterocycles. The molecule has 5 rings (SSSR count). The molecule has 1 saturated heterocycles. The number of amides is 1. The maximum absolute atomic E-state index is 13.7. The summed E-state index contributed by atoms with van der Waals surface area (Å²) >= 11 is 1.60. The minimum absolute atomic E-state index is 0.152. The molecule has 2 unspecified atom stereocenters. The summed E-state index contributed by atoms with van der Waals surface area (Å²) in [5, 5.41) is 0. The molecule has 242 valence electrons. The van der Waals surface area contributed by atoms with Crippen LogP contribution in [-0.4, -0.2) is 90.0 Å². The first-order chi connectivity index (χ1) is 21.8. The molecule has 9 heteroatoms. The topological polar surface area (TPSA) is 60.5 Å². The number of fused-ring (bicyclic) bond motifs is 1. The van der Waals surface area contributed by atoms with Crippen LogP contribution >= 0.6 is 11.9 Å². The number of carbonyl (C=O) groups excluding carboxylic acids is 1. The van der Waals surface area contributed by atoms with Crippen LogP contribution < -0.4 is 22.8 Å². The summed E-state index contributed by atoms with van der Waals surface area (Å²) in [7, 11) is 6.95. The number of nitrogens with zero attached hydrogens (tertiary/aromatic N) is 3. The van der Waals surface area contributed by atoms with Crippen molar-refractivity contribution in [2.45, 2.75) is 43.9 Å².